The van der Waals surface area contributed by atoms with Crippen molar-refractivity contribution in [1.82, 2.24) is 4.98 Å². The van der Waals surface area contributed by atoms with Crippen molar-refractivity contribution in [3.8, 4) is 17.0 Å². The number of ether oxygens (including phenoxy) is 1. The summed E-state index contributed by atoms with van der Waals surface area (Å²) in [6.45, 7) is 6.18. The summed E-state index contributed by atoms with van der Waals surface area (Å²) in [4.78, 5) is 5.94. The van der Waals surface area contributed by atoms with Crippen molar-refractivity contribution in [3.05, 3.63) is 33.6 Å². The number of nitrogens with zero attached hydrogens (tertiary/aromatic N) is 1. The molecule has 0 amide bonds. The van der Waals surface area contributed by atoms with Crippen molar-refractivity contribution in [3.63, 3.8) is 0 Å². The second-order valence-electron chi connectivity index (χ2n) is 4.90. The first-order chi connectivity index (χ1) is 9.01. The summed E-state index contributed by atoms with van der Waals surface area (Å²) in [7, 11) is 1.69. The van der Waals surface area contributed by atoms with Gasteiger partial charge in [0.15, 0.2) is 0 Å². The minimum atomic E-state index is 0.137. The van der Waals surface area contributed by atoms with E-state index in [-0.39, 0.29) is 6.04 Å². The minimum Gasteiger partial charge on any atom is -0.496 e. The molecule has 0 saturated heterocycles. The number of aromatic nitrogens is 1. The smallest absolute Gasteiger partial charge is 0.128 e. The van der Waals surface area contributed by atoms with Gasteiger partial charge in [-0.15, -0.1) is 11.3 Å². The van der Waals surface area contributed by atoms with Crippen LogP contribution in [0.5, 0.6) is 5.75 Å². The van der Waals surface area contributed by atoms with Gasteiger partial charge in [-0.05, 0) is 32.9 Å². The lowest BCUT2D eigenvalue weighted by atomic mass is 10.1. The first-order valence-electron chi connectivity index (χ1n) is 6.38. The van der Waals surface area contributed by atoms with Gasteiger partial charge in [0.25, 0.3) is 0 Å². The fourth-order valence-electron chi connectivity index (χ4n) is 2.07. The van der Waals surface area contributed by atoms with Gasteiger partial charge in [0, 0.05) is 22.9 Å². The lowest BCUT2D eigenvalue weighted by molar-refractivity contribution is 0.416. The molecule has 1 heterocycles. The zero-order valence-electron chi connectivity index (χ0n) is 11.9. The van der Waals surface area contributed by atoms with Crippen molar-refractivity contribution in [2.45, 2.75) is 33.2 Å². The van der Waals surface area contributed by atoms with Crippen LogP contribution in [0.2, 0.25) is 0 Å². The molecule has 2 N–H and O–H groups in total. The molecule has 1 aromatic carbocycles. The van der Waals surface area contributed by atoms with Gasteiger partial charge in [-0.1, -0.05) is 11.6 Å². The summed E-state index contributed by atoms with van der Waals surface area (Å²) in [6.07, 6.45) is 0.819. The highest BCUT2D eigenvalue weighted by Crippen LogP contribution is 2.35. The van der Waals surface area contributed by atoms with Crippen molar-refractivity contribution in [1.29, 1.82) is 0 Å². The Morgan fingerprint density at radius 2 is 2.11 bits per heavy atom. The third-order valence-electron chi connectivity index (χ3n) is 2.95. The molecule has 1 atom stereocenters. The molecule has 1 aromatic heterocycles. The van der Waals surface area contributed by atoms with Gasteiger partial charge in [-0.3, -0.25) is 0 Å². The molecule has 102 valence electrons. The highest BCUT2D eigenvalue weighted by molar-refractivity contribution is 7.12. The SMILES string of the molecule is COc1ccc(C)cc1-c1nc(CC(C)N)sc1C. The summed E-state index contributed by atoms with van der Waals surface area (Å²) < 4.78 is 5.44. The predicted octanol–water partition coefficient (Wildman–Crippen LogP) is 3.33. The van der Waals surface area contributed by atoms with Crippen molar-refractivity contribution >= 4 is 11.3 Å². The average Bonchev–Trinajstić information content (AvgIpc) is 2.69. The van der Waals surface area contributed by atoms with Gasteiger partial charge in [-0.25, -0.2) is 4.98 Å². The summed E-state index contributed by atoms with van der Waals surface area (Å²) in [5, 5.41) is 1.09. The monoisotopic (exact) mass is 276 g/mol. The second-order valence-corrected chi connectivity index (χ2v) is 6.19. The number of methoxy groups -OCH3 is 1. The number of aryl methyl sites for hydroxylation is 2. The van der Waals surface area contributed by atoms with Gasteiger partial charge in [0.05, 0.1) is 17.8 Å². The molecule has 19 heavy (non-hydrogen) atoms. The summed E-state index contributed by atoms with van der Waals surface area (Å²) >= 11 is 1.72. The normalized spacial score (nSPS) is 12.5. The Kier molecular flexibility index (Phi) is 4.22. The molecule has 3 nitrogen and oxygen atoms in total. The Morgan fingerprint density at radius 3 is 2.74 bits per heavy atom. The molecule has 0 saturated carbocycles. The molecule has 0 aliphatic rings. The van der Waals surface area contributed by atoms with Crippen LogP contribution >= 0.6 is 11.3 Å². The van der Waals surface area contributed by atoms with E-state index in [2.05, 4.69) is 19.9 Å². The number of hydrogen-bond donors (Lipinski definition) is 1. The van der Waals surface area contributed by atoms with Gasteiger partial charge < -0.3 is 10.5 Å². The molecule has 0 bridgehead atoms. The van der Waals surface area contributed by atoms with E-state index in [4.69, 9.17) is 15.5 Å². The predicted molar refractivity (Wildman–Crippen MR) is 80.9 cm³/mol. The number of thiazole rings is 1. The summed E-state index contributed by atoms with van der Waals surface area (Å²) in [5.41, 5.74) is 9.13. The van der Waals surface area contributed by atoms with E-state index in [0.717, 1.165) is 28.4 Å². The molecular weight excluding hydrogens is 256 g/mol. The van der Waals surface area contributed by atoms with Crippen LogP contribution in [0.25, 0.3) is 11.3 Å². The zero-order valence-corrected chi connectivity index (χ0v) is 12.7. The molecule has 0 spiro atoms. The minimum absolute atomic E-state index is 0.137. The van der Waals surface area contributed by atoms with Crippen molar-refractivity contribution in [2.75, 3.05) is 7.11 Å². The van der Waals surface area contributed by atoms with E-state index >= 15 is 0 Å². The molecule has 0 aliphatic carbocycles. The standard InChI is InChI=1S/C15H20N2OS/c1-9-5-6-13(18-4)12(7-9)15-11(3)19-14(17-15)8-10(2)16/h5-7,10H,8,16H2,1-4H3. The van der Waals surface area contributed by atoms with E-state index in [1.165, 1.54) is 10.4 Å². The van der Waals surface area contributed by atoms with E-state index in [1.807, 2.05) is 19.1 Å². The molecule has 0 aliphatic heterocycles. The number of nitrogens with two attached hydrogens (primary N) is 1. The highest BCUT2D eigenvalue weighted by atomic mass is 32.1. The molecule has 0 radical (unpaired) electrons. The molecule has 2 aromatic rings. The number of benzene rings is 1. The Bertz CT molecular complexity index is 576. The maximum absolute atomic E-state index is 5.84. The van der Waals surface area contributed by atoms with Crippen LogP contribution in [0, 0.1) is 13.8 Å². The molecule has 4 heteroatoms. The van der Waals surface area contributed by atoms with E-state index < -0.39 is 0 Å². The van der Waals surface area contributed by atoms with E-state index in [9.17, 15) is 0 Å². The van der Waals surface area contributed by atoms with Gasteiger partial charge >= 0.3 is 0 Å². The van der Waals surface area contributed by atoms with Crippen LogP contribution in [-0.4, -0.2) is 18.1 Å². The van der Waals surface area contributed by atoms with Crippen LogP contribution in [0.1, 0.15) is 22.4 Å². The van der Waals surface area contributed by atoms with E-state index in [1.54, 1.807) is 18.4 Å². The molecule has 1 unspecified atom stereocenters. The topological polar surface area (TPSA) is 48.1 Å². The second kappa shape index (κ2) is 5.72. The maximum atomic E-state index is 5.84. The third kappa shape index (κ3) is 3.14. The average molecular weight is 276 g/mol. The largest absolute Gasteiger partial charge is 0.496 e. The van der Waals surface area contributed by atoms with Crippen molar-refractivity contribution in [2.24, 2.45) is 5.73 Å². The van der Waals surface area contributed by atoms with Crippen LogP contribution in [-0.2, 0) is 6.42 Å². The lowest BCUT2D eigenvalue weighted by Gasteiger charge is -2.08. The number of hydrogen-bond acceptors (Lipinski definition) is 4. The van der Waals surface area contributed by atoms with Gasteiger partial charge in [0.2, 0.25) is 0 Å². The molecule has 2 rings (SSSR count). The fourth-order valence-corrected chi connectivity index (χ4v) is 3.16. The van der Waals surface area contributed by atoms with Crippen LogP contribution in [0.3, 0.4) is 0 Å². The van der Waals surface area contributed by atoms with Gasteiger partial charge in [0.1, 0.15) is 5.75 Å². The third-order valence-corrected chi connectivity index (χ3v) is 3.94. The summed E-state index contributed by atoms with van der Waals surface area (Å²) in [6, 6.07) is 6.30. The molecule has 0 fully saturated rings. The highest BCUT2D eigenvalue weighted by Gasteiger charge is 2.14. The van der Waals surface area contributed by atoms with Crippen LogP contribution in [0.15, 0.2) is 18.2 Å². The first-order valence-corrected chi connectivity index (χ1v) is 7.19. The Balaban J connectivity index is 2.46. The zero-order chi connectivity index (χ0) is 14.0. The number of rotatable bonds is 4. The fraction of sp³-hybridized carbons (Fsp3) is 0.400. The van der Waals surface area contributed by atoms with Crippen LogP contribution in [0.4, 0.5) is 0 Å². The Labute approximate surface area is 118 Å². The first kappa shape index (κ1) is 14.0. The van der Waals surface area contributed by atoms with E-state index in [0.29, 0.717) is 0 Å². The molecular formula is C15H20N2OS. The van der Waals surface area contributed by atoms with Gasteiger partial charge in [-0.2, -0.15) is 0 Å². The quantitative estimate of drug-likeness (QED) is 0.932. The Morgan fingerprint density at radius 1 is 1.37 bits per heavy atom. The van der Waals surface area contributed by atoms with Crippen molar-refractivity contribution < 1.29 is 4.74 Å². The lowest BCUT2D eigenvalue weighted by Crippen LogP contribution is -2.17. The maximum Gasteiger partial charge on any atom is 0.128 e. The summed E-state index contributed by atoms with van der Waals surface area (Å²) in [5.74, 6) is 0.867. The van der Waals surface area contributed by atoms with Crippen LogP contribution < -0.4 is 10.5 Å². The Hall–Kier alpha value is -1.39.